The molecule has 7 rings (SSSR count). The Bertz CT molecular complexity index is 2200. The molecule has 292 valence electrons. The van der Waals surface area contributed by atoms with Gasteiger partial charge < -0.3 is 20.3 Å². The Balaban J connectivity index is 0.00000253. The predicted octanol–water partition coefficient (Wildman–Crippen LogP) is 7.97. The third-order valence-electron chi connectivity index (χ3n) is 10.6. The number of nitrogen functional groups attached to an aromatic ring is 1. The van der Waals surface area contributed by atoms with Crippen molar-refractivity contribution in [2.24, 2.45) is 0 Å². The summed E-state index contributed by atoms with van der Waals surface area (Å²) >= 11 is 0.669. The molecule has 3 fully saturated rings. The largest absolute Gasteiger partial charge is 0.461 e. The monoisotopic (exact) mass is 786 g/mol. The number of ether oxygens (including phenoxy) is 1. The Morgan fingerprint density at radius 2 is 1.95 bits per heavy atom. The van der Waals surface area contributed by atoms with Gasteiger partial charge in [-0.05, 0) is 50.4 Å². The van der Waals surface area contributed by atoms with Crippen LogP contribution in [0.1, 0.15) is 70.4 Å². The van der Waals surface area contributed by atoms with Crippen LogP contribution in [0.25, 0.3) is 32.1 Å². The van der Waals surface area contributed by atoms with Gasteiger partial charge >= 0.3 is 12.2 Å². The zero-order valence-electron chi connectivity index (χ0n) is 30.6. The second kappa shape index (κ2) is 15.7. The molecular weight excluding hydrogens is 747 g/mol. The molecule has 4 aromatic rings. The Morgan fingerprint density at radius 1 is 1.18 bits per heavy atom. The van der Waals surface area contributed by atoms with Gasteiger partial charge in [-0.1, -0.05) is 19.9 Å². The Morgan fingerprint density at radius 3 is 2.64 bits per heavy atom. The zero-order valence-corrected chi connectivity index (χ0v) is 31.4. The number of thiophene rings is 1. The van der Waals surface area contributed by atoms with Gasteiger partial charge in [-0.3, -0.25) is 9.69 Å². The third kappa shape index (κ3) is 7.20. The first-order valence-corrected chi connectivity index (χ1v) is 19.1. The van der Waals surface area contributed by atoms with Gasteiger partial charge in [-0.25, -0.2) is 13.2 Å². The van der Waals surface area contributed by atoms with Crippen molar-refractivity contribution in [3.63, 3.8) is 0 Å². The number of likely N-dealkylation sites (tertiary alicyclic amines) is 1. The number of fused-ring (bicyclic) bond motifs is 3. The van der Waals surface area contributed by atoms with Crippen molar-refractivity contribution >= 4 is 49.1 Å². The highest BCUT2D eigenvalue weighted by Gasteiger charge is 2.49. The van der Waals surface area contributed by atoms with Crippen LogP contribution in [0.15, 0.2) is 18.2 Å². The number of carbonyl (C=O) groups excluding carboxylic acids is 1. The van der Waals surface area contributed by atoms with Crippen LogP contribution in [0.3, 0.4) is 0 Å². The zero-order chi connectivity index (χ0) is 39.8. The summed E-state index contributed by atoms with van der Waals surface area (Å²) in [5.74, 6) is -2.53. The Hall–Kier alpha value is -4.87. The summed E-state index contributed by atoms with van der Waals surface area (Å²) in [5.41, 5.74) is 1.78. The van der Waals surface area contributed by atoms with Crippen LogP contribution in [0.2, 0.25) is 0 Å². The number of carbonyl (C=O) groups is 1. The summed E-state index contributed by atoms with van der Waals surface area (Å²) < 4.78 is 97.9. The number of rotatable bonds is 9. The minimum absolute atomic E-state index is 0.0190. The maximum Gasteiger partial charge on any atom is 0.417 e. The molecule has 0 spiro atoms. The molecule has 0 bridgehead atoms. The number of nitriles is 2. The maximum absolute atomic E-state index is 17.2. The van der Waals surface area contributed by atoms with E-state index in [9.17, 15) is 18.8 Å². The molecule has 0 radical (unpaired) electrons. The topological polar surface area (TPSA) is 135 Å². The number of benzene rings is 2. The van der Waals surface area contributed by atoms with E-state index >= 15 is 17.6 Å². The summed E-state index contributed by atoms with van der Waals surface area (Å²) in [6, 6.07) is 5.62. The second-order valence-electron chi connectivity index (χ2n) is 13.7. The molecular formula is C38H40F6N8O2S. The lowest BCUT2D eigenvalue weighted by Crippen LogP contribution is -2.43. The highest BCUT2D eigenvalue weighted by atomic mass is 32.1. The smallest absolute Gasteiger partial charge is 0.417 e. The summed E-state index contributed by atoms with van der Waals surface area (Å²) in [7, 11) is 0. The van der Waals surface area contributed by atoms with Gasteiger partial charge in [0.1, 0.15) is 41.0 Å². The quantitative estimate of drug-likeness (QED) is 0.168. The molecule has 2 aromatic heterocycles. The van der Waals surface area contributed by atoms with Gasteiger partial charge in [0.2, 0.25) is 5.91 Å². The number of alkyl halides is 4. The Labute approximate surface area is 318 Å². The molecule has 10 nitrogen and oxygen atoms in total. The van der Waals surface area contributed by atoms with Crippen molar-refractivity contribution in [2.45, 2.75) is 83.2 Å². The van der Waals surface area contributed by atoms with E-state index in [2.05, 4.69) is 9.97 Å². The third-order valence-corrected chi connectivity index (χ3v) is 11.7. The summed E-state index contributed by atoms with van der Waals surface area (Å²) in [5, 5.41) is 18.1. The molecule has 55 heavy (non-hydrogen) atoms. The molecule has 1 amide bonds. The van der Waals surface area contributed by atoms with Crippen molar-refractivity contribution in [1.82, 2.24) is 19.8 Å². The van der Waals surface area contributed by atoms with Crippen LogP contribution in [-0.4, -0.2) is 82.8 Å². The minimum Gasteiger partial charge on any atom is -0.461 e. The number of aromatic nitrogens is 2. The Kier molecular flexibility index (Phi) is 11.4. The second-order valence-corrected chi connectivity index (χ2v) is 14.7. The number of amides is 1. The molecule has 0 saturated carbocycles. The van der Waals surface area contributed by atoms with Crippen LogP contribution >= 0.6 is 11.3 Å². The van der Waals surface area contributed by atoms with Crippen molar-refractivity contribution in [3.05, 3.63) is 41.0 Å². The van der Waals surface area contributed by atoms with Crippen LogP contribution < -0.4 is 15.4 Å². The molecule has 3 saturated heterocycles. The van der Waals surface area contributed by atoms with Crippen LogP contribution in [0.5, 0.6) is 6.01 Å². The molecule has 2 N–H and O–H groups in total. The van der Waals surface area contributed by atoms with E-state index in [1.54, 1.807) is 16.7 Å². The van der Waals surface area contributed by atoms with Gasteiger partial charge in [0.15, 0.2) is 5.82 Å². The first-order valence-electron chi connectivity index (χ1n) is 18.3. The van der Waals surface area contributed by atoms with E-state index in [0.29, 0.717) is 37.3 Å². The van der Waals surface area contributed by atoms with Crippen molar-refractivity contribution in [3.8, 4) is 29.3 Å². The fraction of sp³-hybridized carbons (Fsp3) is 0.500. The van der Waals surface area contributed by atoms with Crippen molar-refractivity contribution in [1.29, 1.82) is 10.5 Å². The van der Waals surface area contributed by atoms with Gasteiger partial charge in [0, 0.05) is 67.8 Å². The summed E-state index contributed by atoms with van der Waals surface area (Å²) in [6.45, 7) is 7.34. The first kappa shape index (κ1) is 39.8. The van der Waals surface area contributed by atoms with Gasteiger partial charge in [-0.2, -0.15) is 33.7 Å². The fourth-order valence-corrected chi connectivity index (χ4v) is 9.19. The van der Waals surface area contributed by atoms with Crippen molar-refractivity contribution < 1.29 is 35.9 Å². The SMILES string of the molecule is CC.CCN(c1nc(OCC23CCCN2CC(F)C3)nc2c(F)c(-c3ccc(F)c4sc(N)c(C#N)c34)c(C(F)(F)F)cc12)C1CCN(C(=O)CCC#N)C1. The summed E-state index contributed by atoms with van der Waals surface area (Å²) in [4.78, 5) is 26.9. The first-order chi connectivity index (χ1) is 26.3. The fourth-order valence-electron chi connectivity index (χ4n) is 8.24. The lowest BCUT2D eigenvalue weighted by atomic mass is 9.92. The predicted molar refractivity (Wildman–Crippen MR) is 197 cm³/mol. The number of halogens is 6. The van der Waals surface area contributed by atoms with E-state index in [-0.39, 0.29) is 89.3 Å². The maximum atomic E-state index is 17.2. The van der Waals surface area contributed by atoms with E-state index in [1.165, 1.54) is 0 Å². The van der Waals surface area contributed by atoms with Gasteiger partial charge in [0.05, 0.1) is 27.4 Å². The van der Waals surface area contributed by atoms with E-state index in [1.807, 2.05) is 30.9 Å². The lowest BCUT2D eigenvalue weighted by Gasteiger charge is -2.32. The number of nitrogens with zero attached hydrogens (tertiary/aromatic N) is 7. The standard InChI is InChI=1S/C36H34F6N8O2S.C2H6/c1-2-50(20-8-12-48(17-20)26(51)5-3-10-43)33-22-13-24(36(40,41)42)28(21-6-7-25(38)31-27(21)23(15-44)32(45)53-31)29(39)30(22)46-34(47-33)52-18-35-9-4-11-49(35)16-19(37)14-35;1-2/h6-7,13,19-20H,2-5,8-9,11-12,14,16-18,45H2,1H3;1-2H3. The van der Waals surface area contributed by atoms with Crippen LogP contribution in [0, 0.1) is 34.3 Å². The van der Waals surface area contributed by atoms with Crippen LogP contribution in [-0.2, 0) is 11.0 Å². The summed E-state index contributed by atoms with van der Waals surface area (Å²) in [6.07, 6.45) is -4.06. The molecule has 2 aromatic carbocycles. The highest BCUT2D eigenvalue weighted by Crippen LogP contribution is 2.48. The number of anilines is 2. The minimum atomic E-state index is -5.14. The van der Waals surface area contributed by atoms with E-state index < -0.39 is 57.8 Å². The molecule has 3 aliphatic heterocycles. The van der Waals surface area contributed by atoms with Gasteiger partial charge in [0.25, 0.3) is 0 Å². The molecule has 3 aliphatic rings. The van der Waals surface area contributed by atoms with Crippen LogP contribution in [0.4, 0.5) is 37.2 Å². The average molecular weight is 787 g/mol. The molecule has 5 heterocycles. The normalized spacial score (nSPS) is 21.0. The number of hydrogen-bond acceptors (Lipinski definition) is 10. The van der Waals surface area contributed by atoms with E-state index in [0.717, 1.165) is 24.6 Å². The number of likely N-dealkylation sites (N-methyl/N-ethyl adjacent to an activating group) is 1. The number of nitrogens with two attached hydrogens (primary N) is 1. The average Bonchev–Trinajstić information content (AvgIpc) is 3.94. The lowest BCUT2D eigenvalue weighted by molar-refractivity contribution is -0.137. The number of hydrogen-bond donors (Lipinski definition) is 1. The molecule has 3 atom stereocenters. The van der Waals surface area contributed by atoms with Gasteiger partial charge in [-0.15, -0.1) is 11.3 Å². The molecule has 3 unspecified atom stereocenters. The highest BCUT2D eigenvalue weighted by molar-refractivity contribution is 7.23. The van der Waals surface area contributed by atoms with Crippen molar-refractivity contribution in [2.75, 3.05) is 50.0 Å². The molecule has 0 aliphatic carbocycles. The molecule has 17 heteroatoms. The van der Waals surface area contributed by atoms with E-state index in [4.69, 9.17) is 15.7 Å².